The molecule has 0 aliphatic rings. The van der Waals surface area contributed by atoms with Crippen LogP contribution in [-0.4, -0.2) is 18.2 Å². The van der Waals surface area contributed by atoms with Gasteiger partial charge in [-0.3, -0.25) is 4.68 Å². The van der Waals surface area contributed by atoms with E-state index in [1.807, 2.05) is 13.8 Å². The van der Waals surface area contributed by atoms with Gasteiger partial charge in [0, 0.05) is 12.6 Å². The van der Waals surface area contributed by atoms with Gasteiger partial charge in [0.2, 0.25) is 9.84 Å². The van der Waals surface area contributed by atoms with Crippen LogP contribution >= 0.6 is 0 Å². The van der Waals surface area contributed by atoms with E-state index >= 15 is 0 Å². The Morgan fingerprint density at radius 2 is 1.61 bits per heavy atom. The van der Waals surface area contributed by atoms with Crippen molar-refractivity contribution < 1.29 is 8.42 Å². The third kappa shape index (κ3) is 1.95. The first-order valence-electron chi connectivity index (χ1n) is 5.66. The maximum atomic E-state index is 12.5. The van der Waals surface area contributed by atoms with Gasteiger partial charge in [0.25, 0.3) is 0 Å². The molecule has 1 heterocycles. The van der Waals surface area contributed by atoms with Crippen LogP contribution in [0.25, 0.3) is 0 Å². The highest BCUT2D eigenvalue weighted by Gasteiger charge is 2.25. The van der Waals surface area contributed by atoms with Crippen LogP contribution in [0.1, 0.15) is 16.8 Å². The molecular formula is C13H16N2O2S. The van der Waals surface area contributed by atoms with E-state index in [-0.39, 0.29) is 5.03 Å². The average molecular weight is 264 g/mol. The van der Waals surface area contributed by atoms with Crippen molar-refractivity contribution in [2.24, 2.45) is 7.05 Å². The summed E-state index contributed by atoms with van der Waals surface area (Å²) in [5, 5.41) is 4.42. The van der Waals surface area contributed by atoms with Gasteiger partial charge in [-0.25, -0.2) is 8.42 Å². The van der Waals surface area contributed by atoms with Crippen LogP contribution in [0.2, 0.25) is 0 Å². The van der Waals surface area contributed by atoms with Gasteiger partial charge in [-0.2, -0.15) is 5.10 Å². The molecule has 0 aliphatic heterocycles. The summed E-state index contributed by atoms with van der Waals surface area (Å²) in [6.07, 6.45) is 0. The topological polar surface area (TPSA) is 52.0 Å². The fraction of sp³-hybridized carbons (Fsp3) is 0.308. The zero-order valence-corrected chi connectivity index (χ0v) is 11.7. The number of aryl methyl sites for hydroxylation is 3. The molecule has 5 heteroatoms. The molecule has 0 unspecified atom stereocenters. The first kappa shape index (κ1) is 12.8. The number of rotatable bonds is 2. The molecule has 0 spiro atoms. The van der Waals surface area contributed by atoms with Gasteiger partial charge in [0.15, 0.2) is 5.03 Å². The Hall–Kier alpha value is -1.62. The monoisotopic (exact) mass is 264 g/mol. The molecule has 96 valence electrons. The molecule has 2 rings (SSSR count). The van der Waals surface area contributed by atoms with E-state index in [2.05, 4.69) is 5.10 Å². The van der Waals surface area contributed by atoms with Crippen LogP contribution in [0.15, 0.2) is 34.2 Å². The number of nitrogens with zero attached hydrogens (tertiary/aromatic N) is 2. The highest BCUT2D eigenvalue weighted by molar-refractivity contribution is 7.91. The minimum absolute atomic E-state index is 0.267. The molecule has 4 nitrogen and oxygen atoms in total. The summed E-state index contributed by atoms with van der Waals surface area (Å²) in [6, 6.07) is 6.86. The Bertz CT molecular complexity index is 683. The van der Waals surface area contributed by atoms with Gasteiger partial charge >= 0.3 is 0 Å². The molecule has 0 radical (unpaired) electrons. The quantitative estimate of drug-likeness (QED) is 0.835. The van der Waals surface area contributed by atoms with Crippen LogP contribution in [0.4, 0.5) is 0 Å². The second-order valence-corrected chi connectivity index (χ2v) is 6.32. The highest BCUT2D eigenvalue weighted by atomic mass is 32.2. The molecule has 18 heavy (non-hydrogen) atoms. The summed E-state index contributed by atoms with van der Waals surface area (Å²) in [4.78, 5) is 0.305. The number of hydrogen-bond acceptors (Lipinski definition) is 3. The lowest BCUT2D eigenvalue weighted by molar-refractivity contribution is 0.575. The third-order valence-corrected chi connectivity index (χ3v) is 5.02. The Kier molecular flexibility index (Phi) is 3.02. The smallest absolute Gasteiger partial charge is 0.223 e. The first-order chi connectivity index (χ1) is 8.34. The van der Waals surface area contributed by atoms with E-state index in [1.54, 1.807) is 38.2 Å². The maximum Gasteiger partial charge on any atom is 0.223 e. The largest absolute Gasteiger partial charge is 0.256 e. The fourth-order valence-electron chi connectivity index (χ4n) is 1.95. The zero-order chi connectivity index (χ0) is 13.5. The maximum absolute atomic E-state index is 12.5. The summed E-state index contributed by atoms with van der Waals surface area (Å²) in [6.45, 7) is 5.52. The molecule has 0 N–H and O–H groups in total. The highest BCUT2D eigenvalue weighted by Crippen LogP contribution is 2.25. The molecule has 1 aromatic heterocycles. The Labute approximate surface area is 107 Å². The summed E-state index contributed by atoms with van der Waals surface area (Å²) < 4.78 is 26.5. The molecule has 0 aliphatic carbocycles. The predicted molar refractivity (Wildman–Crippen MR) is 69.3 cm³/mol. The normalized spacial score (nSPS) is 11.8. The van der Waals surface area contributed by atoms with E-state index < -0.39 is 9.84 Å². The van der Waals surface area contributed by atoms with Crippen molar-refractivity contribution in [3.8, 4) is 0 Å². The number of aromatic nitrogens is 2. The second kappa shape index (κ2) is 4.24. The minimum Gasteiger partial charge on any atom is -0.256 e. The van der Waals surface area contributed by atoms with Crippen molar-refractivity contribution in [1.29, 1.82) is 0 Å². The molecule has 2 aromatic rings. The van der Waals surface area contributed by atoms with Crippen molar-refractivity contribution in [2.45, 2.75) is 30.7 Å². The van der Waals surface area contributed by atoms with Crippen LogP contribution < -0.4 is 0 Å². The SMILES string of the molecule is Cc1ccc(S(=O)(=O)c2c(C)c(C)nn2C)cc1. The van der Waals surface area contributed by atoms with Gasteiger partial charge in [0.1, 0.15) is 0 Å². The average Bonchev–Trinajstić information content (AvgIpc) is 2.54. The third-order valence-electron chi connectivity index (χ3n) is 3.04. The van der Waals surface area contributed by atoms with Gasteiger partial charge in [-0.15, -0.1) is 0 Å². The summed E-state index contributed by atoms with van der Waals surface area (Å²) in [5.41, 5.74) is 2.48. The standard InChI is InChI=1S/C13H16N2O2S/c1-9-5-7-12(8-6-9)18(16,17)13-10(2)11(3)14-15(13)4/h5-8H,1-4H3. The van der Waals surface area contributed by atoms with Gasteiger partial charge in [-0.05, 0) is 32.9 Å². The molecular weight excluding hydrogens is 248 g/mol. The molecule has 0 saturated heterocycles. The predicted octanol–water partition coefficient (Wildman–Crippen LogP) is 2.18. The van der Waals surface area contributed by atoms with Crippen molar-refractivity contribution in [3.05, 3.63) is 41.1 Å². The second-order valence-electron chi connectivity index (χ2n) is 4.46. The summed E-state index contributed by atoms with van der Waals surface area (Å²) >= 11 is 0. The Balaban J connectivity index is 2.65. The van der Waals surface area contributed by atoms with Crippen molar-refractivity contribution in [3.63, 3.8) is 0 Å². The van der Waals surface area contributed by atoms with Crippen LogP contribution in [0, 0.1) is 20.8 Å². The molecule has 0 saturated carbocycles. The zero-order valence-electron chi connectivity index (χ0n) is 10.9. The van der Waals surface area contributed by atoms with Gasteiger partial charge in [0.05, 0.1) is 10.6 Å². The van der Waals surface area contributed by atoms with Crippen LogP contribution in [0.3, 0.4) is 0 Å². The minimum atomic E-state index is -3.50. The molecule has 0 amide bonds. The van der Waals surface area contributed by atoms with E-state index in [1.165, 1.54) is 4.68 Å². The molecule has 0 bridgehead atoms. The van der Waals surface area contributed by atoms with Gasteiger partial charge in [-0.1, -0.05) is 17.7 Å². The lowest BCUT2D eigenvalue weighted by atomic mass is 10.2. The van der Waals surface area contributed by atoms with Crippen molar-refractivity contribution >= 4 is 9.84 Å². The Morgan fingerprint density at radius 1 is 1.06 bits per heavy atom. The Morgan fingerprint density at radius 3 is 2.06 bits per heavy atom. The summed E-state index contributed by atoms with van der Waals surface area (Å²) in [7, 11) is -1.84. The van der Waals surface area contributed by atoms with Crippen molar-refractivity contribution in [1.82, 2.24) is 9.78 Å². The van der Waals surface area contributed by atoms with E-state index in [9.17, 15) is 8.42 Å². The van der Waals surface area contributed by atoms with E-state index in [0.717, 1.165) is 11.3 Å². The van der Waals surface area contributed by atoms with E-state index in [0.29, 0.717) is 10.5 Å². The fourth-order valence-corrected chi connectivity index (χ4v) is 3.60. The van der Waals surface area contributed by atoms with Gasteiger partial charge < -0.3 is 0 Å². The number of hydrogen-bond donors (Lipinski definition) is 0. The molecule has 1 aromatic carbocycles. The summed E-state index contributed by atoms with van der Waals surface area (Å²) in [5.74, 6) is 0. The number of sulfone groups is 1. The lowest BCUT2D eigenvalue weighted by Gasteiger charge is -2.06. The van der Waals surface area contributed by atoms with E-state index in [4.69, 9.17) is 0 Å². The molecule has 0 atom stereocenters. The van der Waals surface area contributed by atoms with Crippen LogP contribution in [0.5, 0.6) is 0 Å². The first-order valence-corrected chi connectivity index (χ1v) is 7.14. The molecule has 0 fully saturated rings. The van der Waals surface area contributed by atoms with Crippen molar-refractivity contribution in [2.75, 3.05) is 0 Å². The lowest BCUT2D eigenvalue weighted by Crippen LogP contribution is -2.09. The van der Waals surface area contributed by atoms with Crippen LogP contribution in [-0.2, 0) is 16.9 Å². The number of benzene rings is 1.